The van der Waals surface area contributed by atoms with Gasteiger partial charge in [-0.25, -0.2) is 14.3 Å². The molecular formula is C41H37N3O5. The van der Waals surface area contributed by atoms with Crippen LogP contribution in [0.5, 0.6) is 5.75 Å². The van der Waals surface area contributed by atoms with Crippen LogP contribution >= 0.6 is 0 Å². The number of carbonyl (C=O) groups is 2. The van der Waals surface area contributed by atoms with Gasteiger partial charge in [-0.2, -0.15) is 5.10 Å². The summed E-state index contributed by atoms with van der Waals surface area (Å²) in [6.07, 6.45) is 2.75. The predicted octanol–water partition coefficient (Wildman–Crippen LogP) is 7.58. The molecule has 7 rings (SSSR count). The van der Waals surface area contributed by atoms with Crippen molar-refractivity contribution in [1.29, 1.82) is 0 Å². The van der Waals surface area contributed by atoms with Gasteiger partial charge in [-0.05, 0) is 67.8 Å². The minimum Gasteiger partial charge on any atom is -0.490 e. The van der Waals surface area contributed by atoms with Crippen molar-refractivity contribution >= 4 is 11.9 Å². The summed E-state index contributed by atoms with van der Waals surface area (Å²) in [6, 6.07) is 34.9. The predicted molar refractivity (Wildman–Crippen MR) is 187 cm³/mol. The molecule has 8 nitrogen and oxygen atoms in total. The number of hydrogen-bond donors (Lipinski definition) is 1. The normalized spacial score (nSPS) is 15.8. The van der Waals surface area contributed by atoms with Crippen molar-refractivity contribution < 1.29 is 23.8 Å². The smallest absolute Gasteiger partial charge is 0.337 e. The molecule has 0 saturated carbocycles. The molecule has 1 atom stereocenters. The summed E-state index contributed by atoms with van der Waals surface area (Å²) < 4.78 is 19.7. The Morgan fingerprint density at radius 3 is 1.92 bits per heavy atom. The number of rotatable bonds is 9. The third kappa shape index (κ3) is 6.63. The van der Waals surface area contributed by atoms with Gasteiger partial charge in [0.1, 0.15) is 25.1 Å². The third-order valence-corrected chi connectivity index (χ3v) is 8.87. The molecule has 3 heterocycles. The Bertz CT molecular complexity index is 1990. The maximum atomic E-state index is 14.2. The second-order valence-corrected chi connectivity index (χ2v) is 12.4. The molecule has 1 N–H and O–H groups in total. The van der Waals surface area contributed by atoms with Crippen LogP contribution in [-0.4, -0.2) is 27.8 Å². The zero-order valence-corrected chi connectivity index (χ0v) is 27.7. The van der Waals surface area contributed by atoms with Crippen molar-refractivity contribution in [2.75, 3.05) is 0 Å². The Balaban J connectivity index is 1.36. The highest BCUT2D eigenvalue weighted by molar-refractivity contribution is 6.00. The molecule has 0 radical (unpaired) electrons. The highest BCUT2D eigenvalue weighted by Crippen LogP contribution is 2.44. The highest BCUT2D eigenvalue weighted by atomic mass is 16.5. The Kier molecular flexibility index (Phi) is 8.85. The van der Waals surface area contributed by atoms with Crippen LogP contribution in [-0.2, 0) is 38.7 Å². The summed E-state index contributed by atoms with van der Waals surface area (Å²) in [4.78, 5) is 28.4. The molecule has 0 spiro atoms. The molecule has 0 amide bonds. The zero-order chi connectivity index (χ0) is 33.9. The van der Waals surface area contributed by atoms with Crippen LogP contribution in [0.2, 0.25) is 0 Å². The summed E-state index contributed by atoms with van der Waals surface area (Å²) in [6.45, 7) is 5.87. The maximum absolute atomic E-state index is 14.2. The average Bonchev–Trinajstić information content (AvgIpc) is 3.73. The van der Waals surface area contributed by atoms with E-state index in [9.17, 15) is 9.59 Å². The Morgan fingerprint density at radius 1 is 0.796 bits per heavy atom. The van der Waals surface area contributed by atoms with E-state index in [1.807, 2.05) is 130 Å². The fourth-order valence-corrected chi connectivity index (χ4v) is 6.55. The minimum atomic E-state index is -0.844. The lowest BCUT2D eigenvalue weighted by molar-refractivity contribution is -0.141. The fraction of sp³-hybridized carbons (Fsp3) is 0.195. The Morgan fingerprint density at radius 2 is 1.35 bits per heavy atom. The zero-order valence-electron chi connectivity index (χ0n) is 27.7. The van der Waals surface area contributed by atoms with Gasteiger partial charge in [-0.3, -0.25) is 0 Å². The summed E-state index contributed by atoms with van der Waals surface area (Å²) in [5, 5.41) is 8.39. The largest absolute Gasteiger partial charge is 0.490 e. The molecule has 8 heteroatoms. The second kappa shape index (κ2) is 13.7. The van der Waals surface area contributed by atoms with E-state index in [1.165, 1.54) is 0 Å². The molecule has 2 aliphatic heterocycles. The number of dihydropyridines is 1. The Hall–Kier alpha value is -5.89. The molecule has 0 unspecified atom stereocenters. The Labute approximate surface area is 285 Å². The number of para-hydroxylation sites is 1. The average molecular weight is 652 g/mol. The standard InChI is InChI=1S/C41H37N3O5/c1-26-21-32-22-31(19-20-35(32)49-26)39-34(23-44(43-39)33-17-11-6-12-18-33)38-36(40(45)47-24-29-13-7-4-8-14-29)27(2)42-28(3)37(38)41(46)48-25-30-15-9-5-10-16-30/h4-20,22-23,26,38,42H,21,24-25H2,1-3H3/t26-/m0/s1. The van der Waals surface area contributed by atoms with Crippen LogP contribution in [0.3, 0.4) is 0 Å². The van der Waals surface area contributed by atoms with Gasteiger partial charge in [0, 0.05) is 35.1 Å². The van der Waals surface area contributed by atoms with Crippen LogP contribution in [0, 0.1) is 0 Å². The van der Waals surface area contributed by atoms with E-state index in [0.29, 0.717) is 33.8 Å². The number of aromatic nitrogens is 2. The van der Waals surface area contributed by atoms with E-state index in [1.54, 1.807) is 4.68 Å². The molecule has 5 aromatic rings. The summed E-state index contributed by atoms with van der Waals surface area (Å²) in [5.41, 5.74) is 7.62. The van der Waals surface area contributed by atoms with E-state index < -0.39 is 17.9 Å². The molecule has 4 aromatic carbocycles. The van der Waals surface area contributed by atoms with Crippen molar-refractivity contribution in [2.24, 2.45) is 0 Å². The van der Waals surface area contributed by atoms with Crippen LogP contribution in [0.4, 0.5) is 0 Å². The highest BCUT2D eigenvalue weighted by Gasteiger charge is 2.40. The summed E-state index contributed by atoms with van der Waals surface area (Å²) in [5.74, 6) is -1.06. The third-order valence-electron chi connectivity index (χ3n) is 8.87. The molecule has 2 aliphatic rings. The van der Waals surface area contributed by atoms with E-state index >= 15 is 0 Å². The number of nitrogens with one attached hydrogen (secondary N) is 1. The van der Waals surface area contributed by atoms with Gasteiger partial charge in [0.2, 0.25) is 0 Å². The maximum Gasteiger partial charge on any atom is 0.337 e. The van der Waals surface area contributed by atoms with Crippen molar-refractivity contribution in [1.82, 2.24) is 15.1 Å². The van der Waals surface area contributed by atoms with Crippen molar-refractivity contribution in [3.05, 3.63) is 160 Å². The number of fused-ring (bicyclic) bond motifs is 1. The number of benzene rings is 4. The first-order chi connectivity index (χ1) is 23.9. The number of hydrogen-bond acceptors (Lipinski definition) is 7. The van der Waals surface area contributed by atoms with E-state index in [-0.39, 0.29) is 19.3 Å². The quantitative estimate of drug-likeness (QED) is 0.164. The number of ether oxygens (including phenoxy) is 3. The number of nitrogens with zero attached hydrogens (tertiary/aromatic N) is 2. The SMILES string of the molecule is CC1=C(C(=O)OCc2ccccc2)C(c2cn(-c3ccccc3)nc2-c2ccc3c(c2)C[C@H](C)O3)C(C(=O)OCc2ccccc2)=C(C)N1. The van der Waals surface area contributed by atoms with Gasteiger partial charge in [0.25, 0.3) is 0 Å². The fourth-order valence-electron chi connectivity index (χ4n) is 6.55. The van der Waals surface area contributed by atoms with Crippen LogP contribution in [0.1, 0.15) is 48.9 Å². The second-order valence-electron chi connectivity index (χ2n) is 12.4. The van der Waals surface area contributed by atoms with Crippen LogP contribution < -0.4 is 10.1 Å². The lowest BCUT2D eigenvalue weighted by atomic mass is 9.79. The number of esters is 2. The lowest BCUT2D eigenvalue weighted by Crippen LogP contribution is -2.32. The van der Waals surface area contributed by atoms with E-state index in [0.717, 1.165) is 40.1 Å². The van der Waals surface area contributed by atoms with E-state index in [4.69, 9.17) is 19.3 Å². The van der Waals surface area contributed by atoms with Gasteiger partial charge in [0.15, 0.2) is 0 Å². The minimum absolute atomic E-state index is 0.0733. The molecule has 49 heavy (non-hydrogen) atoms. The molecule has 0 saturated heterocycles. The first-order valence-corrected chi connectivity index (χ1v) is 16.4. The van der Waals surface area contributed by atoms with Crippen molar-refractivity contribution in [2.45, 2.75) is 52.4 Å². The van der Waals surface area contributed by atoms with E-state index in [2.05, 4.69) is 11.4 Å². The van der Waals surface area contributed by atoms with Gasteiger partial charge in [0.05, 0.1) is 28.4 Å². The van der Waals surface area contributed by atoms with Gasteiger partial charge in [-0.15, -0.1) is 0 Å². The molecule has 1 aromatic heterocycles. The summed E-state index contributed by atoms with van der Waals surface area (Å²) in [7, 11) is 0. The van der Waals surface area contributed by atoms with Crippen molar-refractivity contribution in [3.63, 3.8) is 0 Å². The van der Waals surface area contributed by atoms with Crippen LogP contribution in [0.15, 0.2) is 138 Å². The summed E-state index contributed by atoms with van der Waals surface area (Å²) >= 11 is 0. The topological polar surface area (TPSA) is 91.7 Å². The lowest BCUT2D eigenvalue weighted by Gasteiger charge is -2.30. The molecule has 0 fully saturated rings. The molecule has 0 aliphatic carbocycles. The first kappa shape index (κ1) is 31.7. The monoisotopic (exact) mass is 651 g/mol. The van der Waals surface area contributed by atoms with Crippen molar-refractivity contribution in [3.8, 4) is 22.7 Å². The first-order valence-electron chi connectivity index (χ1n) is 16.4. The molecule has 246 valence electrons. The van der Waals surface area contributed by atoms with Gasteiger partial charge in [-0.1, -0.05) is 78.9 Å². The number of carbonyl (C=O) groups excluding carboxylic acids is 2. The van der Waals surface area contributed by atoms with Crippen LogP contribution in [0.25, 0.3) is 16.9 Å². The molecular weight excluding hydrogens is 614 g/mol. The number of allylic oxidation sites excluding steroid dienone is 2. The van der Waals surface area contributed by atoms with Gasteiger partial charge >= 0.3 is 11.9 Å². The molecule has 0 bridgehead atoms. The van der Waals surface area contributed by atoms with Gasteiger partial charge < -0.3 is 19.5 Å².